The van der Waals surface area contributed by atoms with Gasteiger partial charge in [0.1, 0.15) is 66.5 Å². The zero-order chi connectivity index (χ0) is 83.3. The van der Waals surface area contributed by atoms with E-state index in [9.17, 15) is 91.4 Å². The van der Waals surface area contributed by atoms with Crippen LogP contribution in [0.2, 0.25) is 0 Å². The molecule has 6 aliphatic heterocycles. The highest BCUT2D eigenvalue weighted by Gasteiger charge is 2.47. The fourth-order valence-corrected chi connectivity index (χ4v) is 14.7. The Kier molecular flexibility index (Phi) is 34.4. The Labute approximate surface area is 655 Å². The SMILES string of the molecule is NC(=O)CC[C@H](NC(=O)[C@@H]1CCCN1)C(=O)NCC(=O)N1CCC[C@H]1C(=O)N1CCC[C@H]1C(=O)N[C@@H](CCC(N)=O)C(=O)N[C@@H](CCC(N)=O)C(=O)NCC(=O)NCC(=O)N[C@@H](Cc1cnc[nH]1)C(=O)N1CCC[C@H]1C(=O)N[C@@H](CCCN=C(N)N)C(=O)N1CCC[C@H]1C(=O)N1CCC[C@H]1C(=O)N[C@@H](CCCN=C(N)N)C(=O)O. The van der Waals surface area contributed by atoms with Gasteiger partial charge in [0.25, 0.3) is 0 Å². The zero-order valence-corrected chi connectivity index (χ0v) is 63.5. The minimum Gasteiger partial charge on any atom is -0.480 e. The maximum absolute atomic E-state index is 14.8. The van der Waals surface area contributed by atoms with Gasteiger partial charge < -0.3 is 128 Å². The molecule has 114 heavy (non-hydrogen) atoms. The number of aliphatic imine (C=N–C) groups is 2. The van der Waals surface area contributed by atoms with Gasteiger partial charge in [0, 0.05) is 83.4 Å². The molecule has 7 heterocycles. The molecule has 0 radical (unpaired) electrons. The van der Waals surface area contributed by atoms with Gasteiger partial charge >= 0.3 is 5.97 Å². The van der Waals surface area contributed by atoms with E-state index in [2.05, 4.69) is 73.1 Å². The van der Waals surface area contributed by atoms with Crippen LogP contribution in [-0.2, 0) is 92.7 Å². The number of H-pyrrole nitrogens is 1. The number of primary amides is 3. The average molecular weight is 1610 g/mol. The molecule has 6 aliphatic rings. The van der Waals surface area contributed by atoms with E-state index in [-0.39, 0.29) is 135 Å². The zero-order valence-electron chi connectivity index (χ0n) is 63.5. The molecule has 45 heteroatoms. The number of carbonyl (C=O) groups is 18. The molecule has 0 aromatic carbocycles. The number of amides is 17. The summed E-state index contributed by atoms with van der Waals surface area (Å²) in [4.78, 5) is 265. The summed E-state index contributed by atoms with van der Waals surface area (Å²) in [7, 11) is 0. The van der Waals surface area contributed by atoms with Gasteiger partial charge in [-0.15, -0.1) is 0 Å². The summed E-state index contributed by atoms with van der Waals surface area (Å²) >= 11 is 0. The molecule has 1 aromatic rings. The second-order valence-electron chi connectivity index (χ2n) is 28.8. The van der Waals surface area contributed by atoms with Crippen molar-refractivity contribution in [3.63, 3.8) is 0 Å². The maximum atomic E-state index is 14.8. The number of nitrogens with two attached hydrogens (primary N) is 7. The van der Waals surface area contributed by atoms with Crippen molar-refractivity contribution in [2.75, 3.05) is 72.0 Å². The number of hydrogen-bond donors (Lipinski definition) is 19. The topological polar surface area (TPSA) is 700 Å². The van der Waals surface area contributed by atoms with E-state index < -0.39 is 224 Å². The normalized spacial score (nSPS) is 20.6. The molecule has 0 saturated carbocycles. The first kappa shape index (κ1) is 89.4. The number of carboxylic acid groups (broad SMARTS) is 1. The Morgan fingerprint density at radius 1 is 0.439 bits per heavy atom. The molecule has 17 amide bonds. The molecule has 0 bridgehead atoms. The van der Waals surface area contributed by atoms with E-state index in [0.29, 0.717) is 50.8 Å². The Morgan fingerprint density at radius 3 is 1.35 bits per heavy atom. The van der Waals surface area contributed by atoms with Crippen molar-refractivity contribution in [1.82, 2.24) is 87.6 Å². The van der Waals surface area contributed by atoms with Crippen LogP contribution < -0.4 is 93.3 Å². The fraction of sp³-hybridized carbons (Fsp3) is 0.667. The molecule has 0 unspecified atom stereocenters. The van der Waals surface area contributed by atoms with Crippen molar-refractivity contribution >= 4 is 118 Å². The third kappa shape index (κ3) is 26.7. The first-order chi connectivity index (χ1) is 54.3. The van der Waals surface area contributed by atoms with E-state index in [1.165, 1.54) is 37.0 Å². The summed E-state index contributed by atoms with van der Waals surface area (Å²) in [5.41, 5.74) is 38.5. The number of carbonyl (C=O) groups excluding carboxylic acids is 17. The summed E-state index contributed by atoms with van der Waals surface area (Å²) in [6.45, 7) is -1.05. The van der Waals surface area contributed by atoms with Crippen LogP contribution in [0.3, 0.4) is 0 Å². The lowest BCUT2D eigenvalue weighted by Gasteiger charge is -2.34. The summed E-state index contributed by atoms with van der Waals surface area (Å²) in [6, 6.07) is -14.6. The van der Waals surface area contributed by atoms with Gasteiger partial charge in [0.2, 0.25) is 100 Å². The molecular weight excluding hydrogens is 1500 g/mol. The van der Waals surface area contributed by atoms with Crippen LogP contribution in [0.15, 0.2) is 22.5 Å². The third-order valence-corrected chi connectivity index (χ3v) is 20.5. The Bertz CT molecular complexity index is 3740. The fourth-order valence-electron chi connectivity index (χ4n) is 14.7. The molecule has 45 nitrogen and oxygen atoms in total. The van der Waals surface area contributed by atoms with Crippen LogP contribution in [0.5, 0.6) is 0 Å². The molecule has 0 aliphatic carbocycles. The molecule has 12 atom stereocenters. The molecule has 26 N–H and O–H groups in total. The summed E-state index contributed by atoms with van der Waals surface area (Å²) in [5.74, 6) is -15.0. The smallest absolute Gasteiger partial charge is 0.326 e. The minimum absolute atomic E-state index is 0.0108. The molecule has 1 aromatic heterocycles. The van der Waals surface area contributed by atoms with Crippen LogP contribution >= 0.6 is 0 Å². The lowest BCUT2D eigenvalue weighted by atomic mass is 10.1. The number of imidazole rings is 1. The Morgan fingerprint density at radius 2 is 0.860 bits per heavy atom. The second kappa shape index (κ2) is 43.8. The molecule has 6 fully saturated rings. The van der Waals surface area contributed by atoms with Gasteiger partial charge in [-0.2, -0.15) is 0 Å². The Hall–Kier alpha value is -11.8. The molecule has 628 valence electrons. The first-order valence-corrected chi connectivity index (χ1v) is 38.4. The quantitative estimate of drug-likeness (QED) is 0.0164. The predicted octanol–water partition coefficient (Wildman–Crippen LogP) is -10.1. The molecule has 7 rings (SSSR count). The van der Waals surface area contributed by atoms with Crippen LogP contribution in [0, 0.1) is 0 Å². The van der Waals surface area contributed by atoms with Gasteiger partial charge in [-0.1, -0.05) is 0 Å². The largest absolute Gasteiger partial charge is 0.480 e. The number of rotatable bonds is 43. The van der Waals surface area contributed by atoms with Crippen LogP contribution in [0.4, 0.5) is 0 Å². The maximum Gasteiger partial charge on any atom is 0.326 e. The number of nitrogens with zero attached hydrogens (tertiary/aromatic N) is 8. The standard InChI is InChI=1S/C69H108N26O19/c70-50(96)20-17-39(87-59(105)41(19-22-52(72)98)88-60(106)46-13-5-28-93(46)65(111)48-15-7-26-91(48)55(101)35-83-57(103)40(18-21-51(71)97)86-58(104)38-9-1-23-78-38)56(102)82-33-53(99)81-34-54(100)85-44(31-37-32-77-36-84-37)64(110)92-27-4-12-45(92)61(107)89-42(10-2-24-79-68(73)74)63(109)95-30-8-16-49(95)66(112)94-29-6-14-47(94)62(108)90-43(67(113)114)11-3-25-80-69(75)76/h32,36,38-49,78H,1-31,33-35H2,(H2,70,96)(H2,71,97)(H2,72,98)(H,77,84)(H,81,99)(H,82,102)(H,83,103)(H,85,100)(H,86,104)(H,87,105)(H,88,106)(H,89,107)(H,90,108)(H,113,114)(H4,73,74,79)(H4,75,76,80)/t38-,39-,40-,41-,42-,43-,44-,45-,46-,47-,48-,49-/m0/s1. The highest BCUT2D eigenvalue weighted by atomic mass is 16.4. The van der Waals surface area contributed by atoms with E-state index in [1.807, 2.05) is 0 Å². The van der Waals surface area contributed by atoms with E-state index in [0.717, 1.165) is 6.42 Å². The molecule has 0 spiro atoms. The molecule has 6 saturated heterocycles. The van der Waals surface area contributed by atoms with Crippen molar-refractivity contribution in [3.8, 4) is 0 Å². The minimum atomic E-state index is -1.63. The van der Waals surface area contributed by atoms with Crippen LogP contribution in [-0.4, -0.2) is 302 Å². The number of aromatic amines is 1. The second-order valence-corrected chi connectivity index (χ2v) is 28.8. The summed E-state index contributed by atoms with van der Waals surface area (Å²) < 4.78 is 0. The van der Waals surface area contributed by atoms with Gasteiger partial charge in [-0.05, 0) is 129 Å². The van der Waals surface area contributed by atoms with Crippen molar-refractivity contribution < 1.29 is 91.4 Å². The van der Waals surface area contributed by atoms with Crippen LogP contribution in [0.25, 0.3) is 0 Å². The van der Waals surface area contributed by atoms with E-state index >= 15 is 0 Å². The van der Waals surface area contributed by atoms with Gasteiger partial charge in [-0.3, -0.25) is 91.5 Å². The number of carboxylic acids is 1. The summed E-state index contributed by atoms with van der Waals surface area (Å²) in [6.07, 6.45) is 4.46. The first-order valence-electron chi connectivity index (χ1n) is 38.4. The van der Waals surface area contributed by atoms with Crippen molar-refractivity contribution in [1.29, 1.82) is 0 Å². The number of guanidine groups is 2. The lowest BCUT2D eigenvalue weighted by Crippen LogP contribution is -2.59. The van der Waals surface area contributed by atoms with Crippen molar-refractivity contribution in [2.24, 2.45) is 50.1 Å². The van der Waals surface area contributed by atoms with E-state index in [4.69, 9.17) is 40.1 Å². The number of aromatic nitrogens is 2. The van der Waals surface area contributed by atoms with Gasteiger partial charge in [-0.25, -0.2) is 9.78 Å². The van der Waals surface area contributed by atoms with Crippen molar-refractivity contribution in [3.05, 3.63) is 18.2 Å². The predicted molar refractivity (Wildman–Crippen MR) is 400 cm³/mol. The Balaban J connectivity index is 0.938. The number of likely N-dealkylation sites (tertiary alicyclic amines) is 5. The molecular formula is C69H108N26O19. The number of nitrogens with one attached hydrogen (secondary N) is 11. The lowest BCUT2D eigenvalue weighted by molar-refractivity contribution is -0.149. The number of aliphatic carboxylic acids is 1. The van der Waals surface area contributed by atoms with Gasteiger partial charge in [0.05, 0.1) is 32.0 Å². The average Bonchev–Trinajstić information content (AvgIpc) is 1.72. The van der Waals surface area contributed by atoms with Gasteiger partial charge in [0.15, 0.2) is 11.9 Å². The highest BCUT2D eigenvalue weighted by Crippen LogP contribution is 2.29. The van der Waals surface area contributed by atoms with Crippen LogP contribution in [0.1, 0.15) is 147 Å². The highest BCUT2D eigenvalue weighted by molar-refractivity contribution is 6.01. The number of hydrogen-bond acceptors (Lipinski definition) is 22. The third-order valence-electron chi connectivity index (χ3n) is 20.5. The van der Waals surface area contributed by atoms with E-state index in [1.54, 1.807) is 0 Å². The van der Waals surface area contributed by atoms with Crippen molar-refractivity contribution in [2.45, 2.75) is 220 Å². The monoisotopic (exact) mass is 1600 g/mol. The summed E-state index contributed by atoms with van der Waals surface area (Å²) in [5, 5.41) is 35.5.